The molecule has 0 fully saturated rings. The van der Waals surface area contributed by atoms with Crippen LogP contribution in [0.1, 0.15) is 26.0 Å². The molecule has 3 aromatic heterocycles. The molecule has 0 saturated carbocycles. The van der Waals surface area contributed by atoms with Gasteiger partial charge in [0, 0.05) is 26.6 Å². The number of fused-ring (bicyclic) bond motifs is 1. The van der Waals surface area contributed by atoms with Crippen molar-refractivity contribution in [1.29, 1.82) is 0 Å². The van der Waals surface area contributed by atoms with Crippen LogP contribution in [0.15, 0.2) is 52.2 Å². The molecule has 0 aliphatic heterocycles. The number of rotatable bonds is 9. The molecule has 0 saturated heterocycles. The predicted molar refractivity (Wildman–Crippen MR) is 127 cm³/mol. The molecule has 0 radical (unpaired) electrons. The number of alkyl halides is 2. The number of benzene rings is 1. The smallest absolute Gasteiger partial charge is 0.394 e. The summed E-state index contributed by atoms with van der Waals surface area (Å²) >= 11 is 0. The SMILES string of the molecule is CC(O)CCn1c(=O)c2c(nc(Oc3cccc(OC(C)(F)F)c3)n2Cc2ccc(F)cn2)n(C)c1=O. The molecule has 0 spiro atoms. The number of halogens is 3. The molecular weight excluding hydrogens is 495 g/mol. The monoisotopic (exact) mass is 519 g/mol. The van der Waals surface area contributed by atoms with Crippen LogP contribution in [-0.2, 0) is 20.1 Å². The Kier molecular flexibility index (Phi) is 7.07. The van der Waals surface area contributed by atoms with E-state index in [0.717, 1.165) is 15.3 Å². The number of imidazole rings is 1. The fourth-order valence-electron chi connectivity index (χ4n) is 3.66. The van der Waals surface area contributed by atoms with E-state index < -0.39 is 29.3 Å². The molecule has 1 N–H and O–H groups in total. The van der Waals surface area contributed by atoms with Crippen molar-refractivity contribution < 1.29 is 27.8 Å². The van der Waals surface area contributed by atoms with Crippen LogP contribution < -0.4 is 20.7 Å². The first-order chi connectivity index (χ1) is 17.4. The van der Waals surface area contributed by atoms with Gasteiger partial charge in [0.15, 0.2) is 11.2 Å². The van der Waals surface area contributed by atoms with Gasteiger partial charge in [0.25, 0.3) is 5.56 Å². The minimum Gasteiger partial charge on any atom is -0.433 e. The molecule has 1 aromatic carbocycles. The van der Waals surface area contributed by atoms with E-state index in [1.165, 1.54) is 54.9 Å². The van der Waals surface area contributed by atoms with Gasteiger partial charge in [0.05, 0.1) is 24.5 Å². The maximum absolute atomic E-state index is 13.4. The Morgan fingerprint density at radius 3 is 2.51 bits per heavy atom. The molecule has 1 atom stereocenters. The summed E-state index contributed by atoms with van der Waals surface area (Å²) in [6.07, 6.45) is -3.00. The minimum atomic E-state index is -3.42. The molecule has 10 nitrogen and oxygen atoms in total. The normalized spacial score (nSPS) is 12.6. The van der Waals surface area contributed by atoms with Crippen molar-refractivity contribution in [3.05, 3.63) is 74.9 Å². The van der Waals surface area contributed by atoms with Crippen LogP contribution in [0.25, 0.3) is 11.2 Å². The molecule has 0 aliphatic carbocycles. The summed E-state index contributed by atoms with van der Waals surface area (Å²) in [6.45, 7) is 2.01. The predicted octanol–water partition coefficient (Wildman–Crippen LogP) is 3.03. The second kappa shape index (κ2) is 10.1. The van der Waals surface area contributed by atoms with E-state index in [0.29, 0.717) is 12.6 Å². The second-order valence-electron chi connectivity index (χ2n) is 8.54. The number of hydrogen-bond donors (Lipinski definition) is 1. The maximum atomic E-state index is 13.4. The number of nitrogens with zero attached hydrogens (tertiary/aromatic N) is 5. The molecule has 3 heterocycles. The van der Waals surface area contributed by atoms with Gasteiger partial charge in [-0.25, -0.2) is 9.18 Å². The van der Waals surface area contributed by atoms with Gasteiger partial charge in [-0.3, -0.25) is 23.5 Å². The lowest BCUT2D eigenvalue weighted by molar-refractivity contribution is -0.159. The molecule has 37 heavy (non-hydrogen) atoms. The summed E-state index contributed by atoms with van der Waals surface area (Å²) in [5.41, 5.74) is -0.952. The first-order valence-electron chi connectivity index (χ1n) is 11.3. The standard InChI is InChI=1S/C24H24F3N5O5/c1-14(33)9-10-31-21(34)19-20(30(3)23(31)35)29-22(32(19)13-16-8-7-15(25)12-28-16)36-17-5-4-6-18(11-17)37-24(2,26)27/h4-8,11-12,14,33H,9-10,13H2,1-3H3. The average Bonchev–Trinajstić information content (AvgIpc) is 3.16. The van der Waals surface area contributed by atoms with Gasteiger partial charge < -0.3 is 14.6 Å². The van der Waals surface area contributed by atoms with Crippen molar-refractivity contribution in [1.82, 2.24) is 23.7 Å². The minimum absolute atomic E-state index is 0.00122. The second-order valence-corrected chi connectivity index (χ2v) is 8.54. The van der Waals surface area contributed by atoms with E-state index in [9.17, 15) is 27.9 Å². The first-order valence-corrected chi connectivity index (χ1v) is 11.3. The number of aliphatic hydroxyl groups excluding tert-OH is 1. The Hall–Kier alpha value is -4.13. The summed E-state index contributed by atoms with van der Waals surface area (Å²) in [5.74, 6) is -0.645. The Morgan fingerprint density at radius 1 is 1.14 bits per heavy atom. The van der Waals surface area contributed by atoms with E-state index in [1.54, 1.807) is 0 Å². The number of aromatic nitrogens is 5. The lowest BCUT2D eigenvalue weighted by Gasteiger charge is -2.14. The number of aliphatic hydroxyl groups is 1. The summed E-state index contributed by atoms with van der Waals surface area (Å²) < 4.78 is 54.0. The van der Waals surface area contributed by atoms with E-state index in [2.05, 4.69) is 14.7 Å². The zero-order valence-electron chi connectivity index (χ0n) is 20.2. The first kappa shape index (κ1) is 25.9. The van der Waals surface area contributed by atoms with Gasteiger partial charge >= 0.3 is 17.8 Å². The summed E-state index contributed by atoms with van der Waals surface area (Å²) in [7, 11) is 1.43. The lowest BCUT2D eigenvalue weighted by Crippen LogP contribution is -2.40. The van der Waals surface area contributed by atoms with Crippen LogP contribution in [0, 0.1) is 5.82 Å². The number of pyridine rings is 1. The maximum Gasteiger partial charge on any atom is 0.394 e. The van der Waals surface area contributed by atoms with Crippen LogP contribution in [0.4, 0.5) is 13.2 Å². The van der Waals surface area contributed by atoms with Crippen molar-refractivity contribution >= 4 is 11.2 Å². The third-order valence-electron chi connectivity index (χ3n) is 5.39. The topological polar surface area (TPSA) is 113 Å². The molecule has 196 valence electrons. The molecule has 13 heteroatoms. The third-order valence-corrected chi connectivity index (χ3v) is 5.39. The van der Waals surface area contributed by atoms with Gasteiger partial charge in [0.1, 0.15) is 17.3 Å². The largest absolute Gasteiger partial charge is 0.433 e. The third kappa shape index (κ3) is 5.82. The fraction of sp³-hybridized carbons (Fsp3) is 0.333. The summed E-state index contributed by atoms with van der Waals surface area (Å²) in [6, 6.07) is 7.92. The van der Waals surface area contributed by atoms with Crippen LogP contribution in [-0.4, -0.2) is 41.0 Å². The molecule has 0 aliphatic rings. The fourth-order valence-corrected chi connectivity index (χ4v) is 3.66. The van der Waals surface area contributed by atoms with Crippen molar-refractivity contribution in [3.8, 4) is 17.5 Å². The number of hydrogen-bond acceptors (Lipinski definition) is 7. The molecule has 1 unspecified atom stereocenters. The average molecular weight is 519 g/mol. The molecule has 4 aromatic rings. The number of aryl methyl sites for hydroxylation is 1. The van der Waals surface area contributed by atoms with Gasteiger partial charge in [0.2, 0.25) is 0 Å². The van der Waals surface area contributed by atoms with Crippen molar-refractivity contribution in [2.75, 3.05) is 0 Å². The highest BCUT2D eigenvalue weighted by Crippen LogP contribution is 2.29. The zero-order valence-corrected chi connectivity index (χ0v) is 20.2. The van der Waals surface area contributed by atoms with E-state index in [1.807, 2.05) is 0 Å². The summed E-state index contributed by atoms with van der Waals surface area (Å²) in [4.78, 5) is 34.7. The molecule has 4 rings (SSSR count). The summed E-state index contributed by atoms with van der Waals surface area (Å²) in [5, 5.41) is 9.65. The van der Waals surface area contributed by atoms with Crippen LogP contribution in [0.3, 0.4) is 0 Å². The van der Waals surface area contributed by atoms with Crippen LogP contribution in [0.2, 0.25) is 0 Å². The lowest BCUT2D eigenvalue weighted by atomic mass is 10.3. The van der Waals surface area contributed by atoms with Crippen molar-refractivity contribution in [2.24, 2.45) is 7.05 Å². The zero-order chi connectivity index (χ0) is 26.9. The van der Waals surface area contributed by atoms with Gasteiger partial charge in [-0.05, 0) is 37.6 Å². The van der Waals surface area contributed by atoms with E-state index in [-0.39, 0.29) is 48.2 Å². The molecule has 0 amide bonds. The Labute approximate surface area is 208 Å². The molecule has 0 bridgehead atoms. The van der Waals surface area contributed by atoms with Crippen molar-refractivity contribution in [3.63, 3.8) is 0 Å². The Bertz CT molecular complexity index is 1540. The highest BCUT2D eigenvalue weighted by molar-refractivity contribution is 5.72. The van der Waals surface area contributed by atoms with E-state index >= 15 is 0 Å². The number of ether oxygens (including phenoxy) is 2. The van der Waals surface area contributed by atoms with E-state index in [4.69, 9.17) is 4.74 Å². The Balaban J connectivity index is 1.87. The molecular formula is C24H24F3N5O5. The highest BCUT2D eigenvalue weighted by atomic mass is 19.3. The van der Waals surface area contributed by atoms with Crippen molar-refractivity contribution in [2.45, 2.75) is 45.6 Å². The van der Waals surface area contributed by atoms with Crippen LogP contribution >= 0.6 is 0 Å². The van der Waals surface area contributed by atoms with Crippen LogP contribution in [0.5, 0.6) is 17.5 Å². The van der Waals surface area contributed by atoms with Gasteiger partial charge in [-0.2, -0.15) is 13.8 Å². The quantitative estimate of drug-likeness (QED) is 0.362. The van der Waals surface area contributed by atoms with Gasteiger partial charge in [-0.15, -0.1) is 0 Å². The highest BCUT2D eigenvalue weighted by Gasteiger charge is 2.25. The Morgan fingerprint density at radius 2 is 1.86 bits per heavy atom. The van der Waals surface area contributed by atoms with Gasteiger partial charge in [-0.1, -0.05) is 6.07 Å².